The molecule has 9 heteroatoms. The molecular weight excluding hydrogens is 466 g/mol. The van der Waals surface area contributed by atoms with Gasteiger partial charge < -0.3 is 20.7 Å². The highest BCUT2D eigenvalue weighted by atomic mass is 35.5. The highest BCUT2D eigenvalue weighted by Gasteiger charge is 2.38. The number of aliphatic carboxylic acids is 1. The lowest BCUT2D eigenvalue weighted by molar-refractivity contribution is -0.148. The minimum Gasteiger partial charge on any atom is -0.481 e. The van der Waals surface area contributed by atoms with Crippen LogP contribution in [0.15, 0.2) is 30.1 Å². The van der Waals surface area contributed by atoms with Crippen molar-refractivity contribution < 1.29 is 14.7 Å². The number of benzene rings is 1. The molecule has 1 atom stereocenters. The number of carbonyl (C=O) groups is 2. The lowest BCUT2D eigenvalue weighted by Gasteiger charge is -2.32. The molecule has 0 aliphatic carbocycles. The fourth-order valence-electron chi connectivity index (χ4n) is 4.81. The van der Waals surface area contributed by atoms with E-state index in [2.05, 4.69) is 18.7 Å². The first-order chi connectivity index (χ1) is 16.2. The predicted molar refractivity (Wildman–Crippen MR) is 140 cm³/mol. The molecule has 5 N–H and O–H groups in total. The molecule has 196 valence electrons. The second kappa shape index (κ2) is 11.6. The van der Waals surface area contributed by atoms with Crippen molar-refractivity contribution in [1.29, 1.82) is 0 Å². The minimum absolute atomic E-state index is 0.0575. The Hall–Kier alpha value is -2.29. The molecule has 0 radical (unpaired) electrons. The van der Waals surface area contributed by atoms with Crippen LogP contribution in [0.3, 0.4) is 0 Å². The summed E-state index contributed by atoms with van der Waals surface area (Å²) in [5.41, 5.74) is 7.46. The Labute approximate surface area is 214 Å². The molecule has 1 aliphatic heterocycles. The van der Waals surface area contributed by atoms with Crippen LogP contribution in [0.5, 0.6) is 0 Å². The summed E-state index contributed by atoms with van der Waals surface area (Å²) < 4.78 is 0. The molecule has 2 rings (SSSR count). The second-order valence-electron chi connectivity index (χ2n) is 11.1. The number of carbonyl (C=O) groups excluding carboxylic acids is 1. The van der Waals surface area contributed by atoms with Crippen LogP contribution in [-0.2, 0) is 16.1 Å². The number of hydrogen-bond acceptors (Lipinski definition) is 6. The van der Waals surface area contributed by atoms with Gasteiger partial charge in [-0.1, -0.05) is 37.6 Å². The summed E-state index contributed by atoms with van der Waals surface area (Å²) in [4.78, 5) is 28.7. The van der Waals surface area contributed by atoms with Gasteiger partial charge in [-0.3, -0.25) is 14.5 Å². The van der Waals surface area contributed by atoms with E-state index in [1.165, 1.54) is 5.01 Å². The highest BCUT2D eigenvalue weighted by molar-refractivity contribution is 6.31. The van der Waals surface area contributed by atoms with Crippen molar-refractivity contribution in [3.05, 3.63) is 46.2 Å². The van der Waals surface area contributed by atoms with Crippen LogP contribution in [0.1, 0.15) is 64.5 Å². The number of amides is 1. The molecular formula is C26H42ClN5O3. The molecule has 1 unspecified atom stereocenters. The van der Waals surface area contributed by atoms with Crippen molar-refractivity contribution in [2.24, 2.45) is 22.4 Å². The number of rotatable bonds is 10. The zero-order chi connectivity index (χ0) is 26.6. The number of hydrogen-bond donors (Lipinski definition) is 3. The molecule has 1 saturated heterocycles. The van der Waals surface area contributed by atoms with Gasteiger partial charge in [0.15, 0.2) is 0 Å². The van der Waals surface area contributed by atoms with E-state index in [1.807, 2.05) is 32.2 Å². The van der Waals surface area contributed by atoms with E-state index in [9.17, 15) is 14.7 Å². The molecule has 1 heterocycles. The smallest absolute Gasteiger partial charge is 0.309 e. The molecule has 0 bridgehead atoms. The van der Waals surface area contributed by atoms with Gasteiger partial charge in [-0.25, -0.2) is 5.84 Å². The monoisotopic (exact) mass is 507 g/mol. The Morgan fingerprint density at radius 1 is 1.34 bits per heavy atom. The summed E-state index contributed by atoms with van der Waals surface area (Å²) in [7, 11) is 1.84. The second-order valence-corrected chi connectivity index (χ2v) is 11.5. The van der Waals surface area contributed by atoms with E-state index < -0.39 is 11.4 Å². The van der Waals surface area contributed by atoms with Gasteiger partial charge in [0, 0.05) is 50.1 Å². The topological polar surface area (TPSA) is 116 Å². The normalized spacial score (nSPS) is 18.3. The summed E-state index contributed by atoms with van der Waals surface area (Å²) in [6, 6.07) is 5.71. The molecule has 1 aromatic carbocycles. The molecule has 0 spiro atoms. The van der Waals surface area contributed by atoms with Gasteiger partial charge in [0.05, 0.1) is 12.0 Å². The van der Waals surface area contributed by atoms with E-state index in [-0.39, 0.29) is 17.2 Å². The van der Waals surface area contributed by atoms with E-state index in [1.54, 1.807) is 24.9 Å². The van der Waals surface area contributed by atoms with Crippen molar-refractivity contribution in [2.75, 3.05) is 33.2 Å². The third kappa shape index (κ3) is 7.85. The van der Waals surface area contributed by atoms with Gasteiger partial charge >= 0.3 is 5.97 Å². The number of hydrazine groups is 1. The fraction of sp³-hybridized carbons (Fsp3) is 0.615. The number of halogens is 1. The molecule has 1 aliphatic rings. The van der Waals surface area contributed by atoms with Crippen molar-refractivity contribution in [1.82, 2.24) is 14.8 Å². The number of nitrogens with zero attached hydrogens (tertiary/aromatic N) is 3. The number of allylic oxidation sites excluding steroid dienone is 1. The standard InChI is InChI=1S/C26H42ClN5O3/c1-7-32(29)14-20(28)9-10-21(26(4,5)24(34)35)18-8-11-22(27)19(12-18)13-31-15-23(33)30(6)16-25(2,3)17-31/h8,11-12,14,21H,7,9-10,13,15-17,28-29H2,1-6H3,(H,34,35)/b20-14-. The lowest BCUT2D eigenvalue weighted by Crippen LogP contribution is -2.35. The Bertz CT molecular complexity index is 947. The van der Waals surface area contributed by atoms with Gasteiger partial charge in [0.25, 0.3) is 0 Å². The molecule has 8 nitrogen and oxygen atoms in total. The average Bonchev–Trinajstić information content (AvgIpc) is 2.83. The van der Waals surface area contributed by atoms with Crippen LogP contribution in [0.25, 0.3) is 0 Å². The first kappa shape index (κ1) is 28.9. The molecule has 0 saturated carbocycles. The van der Waals surface area contributed by atoms with E-state index >= 15 is 0 Å². The maximum atomic E-state index is 12.6. The first-order valence-corrected chi connectivity index (χ1v) is 12.5. The Kier molecular flexibility index (Phi) is 9.62. The van der Waals surface area contributed by atoms with Gasteiger partial charge in [0.2, 0.25) is 5.91 Å². The molecule has 1 aromatic rings. The number of carboxylic acid groups (broad SMARTS) is 1. The maximum absolute atomic E-state index is 12.6. The van der Waals surface area contributed by atoms with Crippen molar-refractivity contribution >= 4 is 23.5 Å². The average molecular weight is 508 g/mol. The Balaban J connectivity index is 2.36. The molecule has 1 amide bonds. The number of nitrogens with two attached hydrogens (primary N) is 2. The summed E-state index contributed by atoms with van der Waals surface area (Å²) >= 11 is 6.59. The van der Waals surface area contributed by atoms with Crippen molar-refractivity contribution in [3.63, 3.8) is 0 Å². The lowest BCUT2D eigenvalue weighted by atomic mass is 9.72. The van der Waals surface area contributed by atoms with Crippen molar-refractivity contribution in [2.45, 2.75) is 59.9 Å². The predicted octanol–water partition coefficient (Wildman–Crippen LogP) is 3.61. The molecule has 1 fully saturated rings. The van der Waals surface area contributed by atoms with E-state index in [4.69, 9.17) is 23.2 Å². The zero-order valence-corrected chi connectivity index (χ0v) is 22.7. The first-order valence-electron chi connectivity index (χ1n) is 12.1. The summed E-state index contributed by atoms with van der Waals surface area (Å²) in [5.74, 6) is 4.74. The third-order valence-electron chi connectivity index (χ3n) is 6.81. The van der Waals surface area contributed by atoms with Gasteiger partial charge in [-0.2, -0.15) is 0 Å². The largest absolute Gasteiger partial charge is 0.481 e. The number of carboxylic acids is 1. The van der Waals surface area contributed by atoms with Crippen LogP contribution >= 0.6 is 11.6 Å². The zero-order valence-electron chi connectivity index (χ0n) is 22.0. The van der Waals surface area contributed by atoms with E-state index in [0.717, 1.165) is 17.7 Å². The summed E-state index contributed by atoms with van der Waals surface area (Å²) in [6.45, 7) is 12.6. The van der Waals surface area contributed by atoms with Crippen LogP contribution in [0, 0.1) is 10.8 Å². The van der Waals surface area contributed by atoms with Crippen LogP contribution in [-0.4, -0.2) is 65.0 Å². The summed E-state index contributed by atoms with van der Waals surface area (Å²) in [5, 5.41) is 12.1. The van der Waals surface area contributed by atoms with E-state index in [0.29, 0.717) is 49.7 Å². The minimum atomic E-state index is -1.03. The Morgan fingerprint density at radius 2 is 2.00 bits per heavy atom. The van der Waals surface area contributed by atoms with Crippen LogP contribution in [0.4, 0.5) is 0 Å². The van der Waals surface area contributed by atoms with Crippen molar-refractivity contribution in [3.8, 4) is 0 Å². The quantitative estimate of drug-likeness (QED) is 0.327. The Morgan fingerprint density at radius 3 is 2.60 bits per heavy atom. The fourth-order valence-corrected chi connectivity index (χ4v) is 4.99. The van der Waals surface area contributed by atoms with Gasteiger partial charge in [-0.05, 0) is 62.1 Å². The van der Waals surface area contributed by atoms with Crippen LogP contribution < -0.4 is 11.6 Å². The molecule has 0 aromatic heterocycles. The highest BCUT2D eigenvalue weighted by Crippen LogP contribution is 2.41. The van der Waals surface area contributed by atoms with Gasteiger partial charge in [-0.15, -0.1) is 0 Å². The summed E-state index contributed by atoms with van der Waals surface area (Å²) in [6.07, 6.45) is 2.74. The molecule has 35 heavy (non-hydrogen) atoms. The number of likely N-dealkylation sites (N-methyl/N-ethyl adjacent to an activating group) is 1. The third-order valence-corrected chi connectivity index (χ3v) is 7.18. The van der Waals surface area contributed by atoms with Crippen LogP contribution in [0.2, 0.25) is 5.02 Å². The van der Waals surface area contributed by atoms with Gasteiger partial charge in [0.1, 0.15) is 0 Å². The SMILES string of the molecule is CCN(N)/C=C(\N)CCC(c1ccc(Cl)c(CN2CC(=O)N(C)CC(C)(C)C2)c1)C(C)(C)C(=O)O. The maximum Gasteiger partial charge on any atom is 0.309 e.